The summed E-state index contributed by atoms with van der Waals surface area (Å²) in [7, 11) is 0. The molecule has 2 aliphatic rings. The summed E-state index contributed by atoms with van der Waals surface area (Å²) in [4.78, 5) is 0. The molecule has 0 saturated carbocycles. The van der Waals surface area contributed by atoms with Gasteiger partial charge in [0.15, 0.2) is 0 Å². The lowest BCUT2D eigenvalue weighted by molar-refractivity contribution is -0.288. The lowest BCUT2D eigenvalue weighted by Gasteiger charge is -2.39. The van der Waals surface area contributed by atoms with Crippen LogP contribution in [0.1, 0.15) is 63.3 Å². The van der Waals surface area contributed by atoms with Crippen molar-refractivity contribution in [2.75, 3.05) is 11.5 Å². The van der Waals surface area contributed by atoms with E-state index < -0.39 is 28.9 Å². The van der Waals surface area contributed by atoms with Gasteiger partial charge in [-0.2, -0.15) is 26.3 Å². The van der Waals surface area contributed by atoms with Crippen molar-refractivity contribution in [1.29, 1.82) is 0 Å². The second-order valence-electron chi connectivity index (χ2n) is 10.8. The van der Waals surface area contributed by atoms with Crippen molar-refractivity contribution in [2.45, 2.75) is 36.5 Å². The highest BCUT2D eigenvalue weighted by Gasteiger charge is 2.72. The smallest absolute Gasteiger partial charge is 0.398 e. The number of halogens is 6. The summed E-state index contributed by atoms with van der Waals surface area (Å²) >= 11 is 0. The molecule has 0 aromatic heterocycles. The molecule has 0 aliphatic heterocycles. The van der Waals surface area contributed by atoms with E-state index in [1.807, 2.05) is 79.8 Å². The van der Waals surface area contributed by atoms with Crippen molar-refractivity contribution in [2.24, 2.45) is 0 Å². The summed E-state index contributed by atoms with van der Waals surface area (Å²) in [5.74, 6) is -0.771. The van der Waals surface area contributed by atoms with E-state index in [0.717, 1.165) is 46.5 Å². The molecule has 0 saturated heterocycles. The van der Waals surface area contributed by atoms with E-state index in [0.29, 0.717) is 11.1 Å². The van der Waals surface area contributed by atoms with E-state index in [-0.39, 0.29) is 23.2 Å². The van der Waals surface area contributed by atoms with Crippen LogP contribution in [0.25, 0.3) is 12.2 Å². The Morgan fingerprint density at radius 2 is 0.955 bits per heavy atom. The quantitative estimate of drug-likeness (QED) is 0.138. The largest absolute Gasteiger partial charge is 0.411 e. The molecule has 0 fully saturated rings. The summed E-state index contributed by atoms with van der Waals surface area (Å²) in [6, 6.07) is 20.6. The highest BCUT2D eigenvalue weighted by Crippen LogP contribution is 2.57. The van der Waals surface area contributed by atoms with E-state index in [9.17, 15) is 26.3 Å². The Balaban J connectivity index is 0.00000123. The van der Waals surface area contributed by atoms with Crippen molar-refractivity contribution in [1.82, 2.24) is 0 Å². The molecular formula is C36H30F6N2. The second-order valence-corrected chi connectivity index (χ2v) is 10.8. The summed E-state index contributed by atoms with van der Waals surface area (Å²) in [6.45, 7) is 5.25. The maximum absolute atomic E-state index is 14.9. The van der Waals surface area contributed by atoms with E-state index in [4.69, 9.17) is 11.5 Å². The third-order valence-corrected chi connectivity index (χ3v) is 8.16. The minimum atomic E-state index is -5.76. The standard InChI is InChI=1S/C33H24F6N2.C3H6/c34-32(35,36)31(33(37,38)39,21-11-15-27(29(40)17-21)25-13-9-19-5-1-3-7-23(19)25)22-12-16-28(30(41)18-22)26-14-10-20-6-2-4-8-24(20)26;1-3-2/h1-18,25-26H,40-41H2;3H,1H2,2H3. The third kappa shape index (κ3) is 4.98. The van der Waals surface area contributed by atoms with E-state index >= 15 is 0 Å². The zero-order valence-electron chi connectivity index (χ0n) is 23.8. The fraction of sp³-hybridized carbons (Fsp3) is 0.167. The van der Waals surface area contributed by atoms with Gasteiger partial charge in [0.05, 0.1) is 0 Å². The Labute approximate surface area is 252 Å². The first-order valence-electron chi connectivity index (χ1n) is 13.9. The number of hydrogen-bond donors (Lipinski definition) is 2. The molecule has 44 heavy (non-hydrogen) atoms. The van der Waals surface area contributed by atoms with Crippen LogP contribution >= 0.6 is 0 Å². The Kier molecular flexibility index (Phi) is 7.97. The van der Waals surface area contributed by atoms with Crippen LogP contribution in [0.4, 0.5) is 37.7 Å². The predicted molar refractivity (Wildman–Crippen MR) is 165 cm³/mol. The number of allylic oxidation sites excluding steroid dienone is 3. The van der Waals surface area contributed by atoms with Gasteiger partial charge in [0, 0.05) is 23.2 Å². The van der Waals surface area contributed by atoms with Crippen LogP contribution in [0.5, 0.6) is 0 Å². The van der Waals surface area contributed by atoms with Crippen LogP contribution in [0.15, 0.2) is 110 Å². The molecule has 4 N–H and O–H groups in total. The van der Waals surface area contributed by atoms with Crippen molar-refractivity contribution < 1.29 is 26.3 Å². The predicted octanol–water partition coefficient (Wildman–Crippen LogP) is 9.77. The number of benzene rings is 4. The van der Waals surface area contributed by atoms with Crippen LogP contribution in [0, 0.1) is 0 Å². The Morgan fingerprint density at radius 3 is 1.30 bits per heavy atom. The lowest BCUT2D eigenvalue weighted by Crippen LogP contribution is -2.54. The van der Waals surface area contributed by atoms with Crippen LogP contribution in [0.2, 0.25) is 0 Å². The molecule has 0 spiro atoms. The molecule has 2 unspecified atom stereocenters. The molecule has 4 aromatic carbocycles. The summed E-state index contributed by atoms with van der Waals surface area (Å²) in [5.41, 5.74) is 10.1. The molecule has 2 nitrogen and oxygen atoms in total. The van der Waals surface area contributed by atoms with Gasteiger partial charge in [-0.25, -0.2) is 0 Å². The number of anilines is 2. The summed E-state index contributed by atoms with van der Waals surface area (Å²) in [6.07, 6.45) is -2.41. The maximum atomic E-state index is 14.9. The van der Waals surface area contributed by atoms with Crippen LogP contribution in [-0.4, -0.2) is 12.4 Å². The molecule has 0 amide bonds. The normalized spacial score (nSPS) is 17.1. The molecular weight excluding hydrogens is 574 g/mol. The average molecular weight is 605 g/mol. The van der Waals surface area contributed by atoms with Gasteiger partial charge >= 0.3 is 12.4 Å². The third-order valence-electron chi connectivity index (χ3n) is 8.16. The van der Waals surface area contributed by atoms with E-state index in [1.54, 1.807) is 6.08 Å². The van der Waals surface area contributed by atoms with Gasteiger partial charge < -0.3 is 11.5 Å². The first-order chi connectivity index (χ1) is 20.8. The topological polar surface area (TPSA) is 52.0 Å². The molecule has 6 rings (SSSR count). The minimum Gasteiger partial charge on any atom is -0.398 e. The number of rotatable bonds is 4. The van der Waals surface area contributed by atoms with E-state index in [1.165, 1.54) is 12.1 Å². The fourth-order valence-corrected chi connectivity index (χ4v) is 6.21. The summed E-state index contributed by atoms with van der Waals surface area (Å²) in [5, 5.41) is 0. The van der Waals surface area contributed by atoms with Gasteiger partial charge in [0.25, 0.3) is 0 Å². The first kappa shape index (κ1) is 30.7. The highest BCUT2D eigenvalue weighted by molar-refractivity contribution is 5.71. The number of nitrogen functional groups attached to an aromatic ring is 2. The average Bonchev–Trinajstić information content (AvgIpc) is 3.57. The van der Waals surface area contributed by atoms with Crippen molar-refractivity contribution in [3.8, 4) is 0 Å². The number of fused-ring (bicyclic) bond motifs is 2. The zero-order chi connectivity index (χ0) is 31.9. The first-order valence-corrected chi connectivity index (χ1v) is 13.9. The molecule has 226 valence electrons. The van der Waals surface area contributed by atoms with Gasteiger partial charge in [-0.05, 0) is 63.6 Å². The molecule has 8 heteroatoms. The van der Waals surface area contributed by atoms with Gasteiger partial charge in [0.1, 0.15) is 0 Å². The van der Waals surface area contributed by atoms with Crippen molar-refractivity contribution >= 4 is 23.5 Å². The van der Waals surface area contributed by atoms with E-state index in [2.05, 4.69) is 6.58 Å². The molecule has 2 aliphatic carbocycles. The summed E-state index contributed by atoms with van der Waals surface area (Å²) < 4.78 is 89.3. The minimum absolute atomic E-state index is 0.163. The van der Waals surface area contributed by atoms with Crippen LogP contribution < -0.4 is 11.5 Å². The number of hydrogen-bond acceptors (Lipinski definition) is 2. The zero-order valence-corrected chi connectivity index (χ0v) is 23.8. The maximum Gasteiger partial charge on any atom is 0.411 e. The van der Waals surface area contributed by atoms with Gasteiger partial charge in [-0.3, -0.25) is 0 Å². The fourth-order valence-electron chi connectivity index (χ4n) is 6.21. The molecule has 0 radical (unpaired) electrons. The Hall–Kier alpha value is -4.72. The Morgan fingerprint density at radius 1 is 0.591 bits per heavy atom. The Bertz CT molecular complexity index is 1640. The van der Waals surface area contributed by atoms with Crippen molar-refractivity contribution in [3.05, 3.63) is 154 Å². The highest BCUT2D eigenvalue weighted by atomic mass is 19.4. The van der Waals surface area contributed by atoms with Crippen LogP contribution in [-0.2, 0) is 5.41 Å². The number of alkyl halides is 6. The van der Waals surface area contributed by atoms with Crippen LogP contribution in [0.3, 0.4) is 0 Å². The van der Waals surface area contributed by atoms with Crippen molar-refractivity contribution in [3.63, 3.8) is 0 Å². The molecule has 0 heterocycles. The monoisotopic (exact) mass is 604 g/mol. The second kappa shape index (κ2) is 11.4. The van der Waals surface area contributed by atoms with Gasteiger partial charge in [-0.15, -0.1) is 6.58 Å². The van der Waals surface area contributed by atoms with Gasteiger partial charge in [-0.1, -0.05) is 103 Å². The van der Waals surface area contributed by atoms with Gasteiger partial charge in [0.2, 0.25) is 5.41 Å². The molecule has 2 atom stereocenters. The number of nitrogens with two attached hydrogens (primary N) is 2. The SMILES string of the molecule is C=CC.Nc1cc(C(c2ccc(C3C=Cc4ccccc43)c(N)c2)(C(F)(F)F)C(F)(F)F)ccc1C1C=Cc2ccccc21. The molecule has 4 aromatic rings. The molecule has 0 bridgehead atoms. The lowest BCUT2D eigenvalue weighted by atomic mass is 9.71.